The van der Waals surface area contributed by atoms with Gasteiger partial charge in [-0.1, -0.05) is 12.1 Å². The third kappa shape index (κ3) is 2.60. The SMILES string of the molecule is Cl.Fc1ccc(CCN2C3CC4CC(C3)CC2C4)cc1. The molecule has 4 aliphatic rings. The summed E-state index contributed by atoms with van der Waals surface area (Å²) >= 11 is 0. The smallest absolute Gasteiger partial charge is 0.123 e. The van der Waals surface area contributed by atoms with Crippen LogP contribution >= 0.6 is 12.4 Å². The van der Waals surface area contributed by atoms with E-state index in [1.807, 2.05) is 12.1 Å². The van der Waals surface area contributed by atoms with E-state index in [0.717, 1.165) is 30.3 Å². The number of hydrogen-bond acceptors (Lipinski definition) is 1. The Hall–Kier alpha value is -0.600. The van der Waals surface area contributed by atoms with Gasteiger partial charge in [-0.15, -0.1) is 12.4 Å². The van der Waals surface area contributed by atoms with E-state index in [0.29, 0.717) is 0 Å². The van der Waals surface area contributed by atoms with Crippen LogP contribution in [0.4, 0.5) is 4.39 Å². The van der Waals surface area contributed by atoms with Crippen molar-refractivity contribution in [1.29, 1.82) is 0 Å². The number of halogens is 2. The Balaban J connectivity index is 0.00000121. The number of hydrogen-bond donors (Lipinski definition) is 0. The molecule has 2 aliphatic heterocycles. The maximum atomic E-state index is 12.9. The fraction of sp³-hybridized carbons (Fsp3) is 0.647. The Morgan fingerprint density at radius 3 is 2.00 bits per heavy atom. The molecule has 20 heavy (non-hydrogen) atoms. The zero-order valence-corrected chi connectivity index (χ0v) is 12.6. The Bertz CT molecular complexity index is 431. The minimum absolute atomic E-state index is 0. The average molecular weight is 296 g/mol. The molecule has 1 nitrogen and oxygen atoms in total. The highest BCUT2D eigenvalue weighted by Gasteiger charge is 2.46. The van der Waals surface area contributed by atoms with Crippen molar-refractivity contribution in [3.8, 4) is 0 Å². The molecule has 1 aromatic rings. The summed E-state index contributed by atoms with van der Waals surface area (Å²) in [5.74, 6) is 1.94. The van der Waals surface area contributed by atoms with E-state index in [2.05, 4.69) is 4.90 Å². The summed E-state index contributed by atoms with van der Waals surface area (Å²) in [6, 6.07) is 8.76. The molecule has 0 unspecified atom stereocenters. The van der Waals surface area contributed by atoms with Gasteiger partial charge in [0.15, 0.2) is 0 Å². The summed E-state index contributed by atoms with van der Waals surface area (Å²) in [6.45, 7) is 1.17. The topological polar surface area (TPSA) is 3.24 Å². The fourth-order valence-electron chi connectivity index (χ4n) is 4.89. The average Bonchev–Trinajstić information content (AvgIpc) is 2.39. The van der Waals surface area contributed by atoms with Crippen molar-refractivity contribution in [2.24, 2.45) is 11.8 Å². The monoisotopic (exact) mass is 295 g/mol. The second-order valence-corrected chi connectivity index (χ2v) is 6.83. The Kier molecular flexibility index (Phi) is 4.05. The first kappa shape index (κ1) is 14.3. The molecule has 0 radical (unpaired) electrons. The summed E-state index contributed by atoms with van der Waals surface area (Å²) in [5.41, 5.74) is 1.27. The number of rotatable bonds is 3. The molecular weight excluding hydrogens is 273 g/mol. The van der Waals surface area contributed by atoms with E-state index in [1.54, 1.807) is 12.1 Å². The lowest BCUT2D eigenvalue weighted by Crippen LogP contribution is -2.58. The van der Waals surface area contributed by atoms with E-state index in [-0.39, 0.29) is 18.2 Å². The lowest BCUT2D eigenvalue weighted by molar-refractivity contribution is -0.0578. The van der Waals surface area contributed by atoms with Gasteiger partial charge in [0.1, 0.15) is 5.82 Å². The summed E-state index contributed by atoms with van der Waals surface area (Å²) in [7, 11) is 0. The molecule has 4 fully saturated rings. The second-order valence-electron chi connectivity index (χ2n) is 6.83. The quantitative estimate of drug-likeness (QED) is 0.813. The Labute approximate surface area is 127 Å². The summed E-state index contributed by atoms with van der Waals surface area (Å²) in [6.07, 6.45) is 8.35. The van der Waals surface area contributed by atoms with Gasteiger partial charge in [0.25, 0.3) is 0 Å². The summed E-state index contributed by atoms with van der Waals surface area (Å²) < 4.78 is 12.9. The summed E-state index contributed by atoms with van der Waals surface area (Å²) in [5, 5.41) is 0. The van der Waals surface area contributed by atoms with Gasteiger partial charge in [-0.25, -0.2) is 4.39 Å². The normalized spacial score (nSPS) is 35.0. The molecule has 0 amide bonds. The van der Waals surface area contributed by atoms with E-state index < -0.39 is 0 Å². The zero-order chi connectivity index (χ0) is 12.8. The van der Waals surface area contributed by atoms with Crippen molar-refractivity contribution in [1.82, 2.24) is 4.90 Å². The van der Waals surface area contributed by atoms with Crippen LogP contribution in [0.5, 0.6) is 0 Å². The zero-order valence-electron chi connectivity index (χ0n) is 11.8. The molecule has 110 valence electrons. The highest BCUT2D eigenvalue weighted by Crippen LogP contribution is 2.48. The van der Waals surface area contributed by atoms with Gasteiger partial charge in [0, 0.05) is 18.6 Å². The molecule has 3 heteroatoms. The lowest BCUT2D eigenvalue weighted by Gasteiger charge is -2.56. The first-order chi connectivity index (χ1) is 9.28. The minimum atomic E-state index is -0.126. The third-order valence-corrected chi connectivity index (χ3v) is 5.60. The van der Waals surface area contributed by atoms with E-state index >= 15 is 0 Å². The molecule has 2 aliphatic carbocycles. The van der Waals surface area contributed by atoms with Crippen molar-refractivity contribution in [3.05, 3.63) is 35.6 Å². The van der Waals surface area contributed by atoms with Crippen molar-refractivity contribution < 1.29 is 4.39 Å². The molecule has 1 aromatic carbocycles. The highest BCUT2D eigenvalue weighted by atomic mass is 35.5. The maximum absolute atomic E-state index is 12.9. The molecule has 0 aromatic heterocycles. The van der Waals surface area contributed by atoms with Crippen molar-refractivity contribution in [3.63, 3.8) is 0 Å². The van der Waals surface area contributed by atoms with E-state index in [1.165, 1.54) is 44.2 Å². The van der Waals surface area contributed by atoms with Crippen LogP contribution in [0.1, 0.15) is 37.7 Å². The highest BCUT2D eigenvalue weighted by molar-refractivity contribution is 5.85. The van der Waals surface area contributed by atoms with Crippen LogP contribution in [-0.2, 0) is 6.42 Å². The maximum Gasteiger partial charge on any atom is 0.123 e. The molecule has 2 saturated carbocycles. The van der Waals surface area contributed by atoms with Crippen LogP contribution in [0.3, 0.4) is 0 Å². The molecular formula is C17H23ClFN. The predicted octanol–water partition coefficient (Wildman–Crippen LogP) is 4.05. The molecule has 0 N–H and O–H groups in total. The summed E-state index contributed by atoms with van der Waals surface area (Å²) in [4.78, 5) is 2.77. The van der Waals surface area contributed by atoms with Crippen molar-refractivity contribution in [2.75, 3.05) is 6.54 Å². The van der Waals surface area contributed by atoms with Crippen molar-refractivity contribution in [2.45, 2.75) is 50.6 Å². The Morgan fingerprint density at radius 2 is 1.45 bits per heavy atom. The largest absolute Gasteiger partial charge is 0.297 e. The van der Waals surface area contributed by atoms with Gasteiger partial charge in [-0.05, 0) is 68.1 Å². The first-order valence-electron chi connectivity index (χ1n) is 7.78. The van der Waals surface area contributed by atoms with E-state index in [9.17, 15) is 4.39 Å². The van der Waals surface area contributed by atoms with Gasteiger partial charge in [0.05, 0.1) is 0 Å². The van der Waals surface area contributed by atoms with Gasteiger partial charge < -0.3 is 0 Å². The molecule has 2 saturated heterocycles. The van der Waals surface area contributed by atoms with Gasteiger partial charge in [-0.3, -0.25) is 4.90 Å². The van der Waals surface area contributed by atoms with Crippen molar-refractivity contribution >= 4 is 12.4 Å². The van der Waals surface area contributed by atoms with Crippen LogP contribution in [0.2, 0.25) is 0 Å². The van der Waals surface area contributed by atoms with Crippen LogP contribution in [0, 0.1) is 17.7 Å². The molecule has 4 bridgehead atoms. The van der Waals surface area contributed by atoms with Gasteiger partial charge >= 0.3 is 0 Å². The second kappa shape index (κ2) is 5.65. The Morgan fingerprint density at radius 1 is 0.900 bits per heavy atom. The molecule has 5 rings (SSSR count). The molecule has 0 spiro atoms. The molecule has 0 atom stereocenters. The van der Waals surface area contributed by atoms with Crippen LogP contribution < -0.4 is 0 Å². The van der Waals surface area contributed by atoms with Gasteiger partial charge in [0.2, 0.25) is 0 Å². The van der Waals surface area contributed by atoms with Crippen LogP contribution in [0.15, 0.2) is 24.3 Å². The van der Waals surface area contributed by atoms with Gasteiger partial charge in [-0.2, -0.15) is 0 Å². The number of nitrogens with zero attached hydrogens (tertiary/aromatic N) is 1. The predicted molar refractivity (Wildman–Crippen MR) is 81.7 cm³/mol. The third-order valence-electron chi connectivity index (χ3n) is 5.60. The number of piperidine rings is 2. The van der Waals surface area contributed by atoms with Crippen LogP contribution in [-0.4, -0.2) is 23.5 Å². The molecule has 2 heterocycles. The minimum Gasteiger partial charge on any atom is -0.297 e. The number of benzene rings is 1. The first-order valence-corrected chi connectivity index (χ1v) is 7.78. The van der Waals surface area contributed by atoms with E-state index in [4.69, 9.17) is 0 Å². The fourth-order valence-corrected chi connectivity index (χ4v) is 4.89. The standard InChI is InChI=1S/C17H22FN.ClH/c18-15-3-1-12(2-4-15)5-6-19-16-8-13-7-14(10-16)11-17(19)9-13;/h1-4,13-14,16-17H,5-11H2;1H. The van der Waals surface area contributed by atoms with Crippen LogP contribution in [0.25, 0.3) is 0 Å². The lowest BCUT2D eigenvalue weighted by atomic mass is 9.63.